The fraction of sp³-hybridized carbons (Fsp3) is 0.783. The number of aromatic nitrogens is 1. The van der Waals surface area contributed by atoms with Crippen LogP contribution in [-0.2, 0) is 11.3 Å². The minimum Gasteiger partial charge on any atom is -0.356 e. The van der Waals surface area contributed by atoms with Crippen molar-refractivity contribution >= 4 is 47.2 Å². The molecule has 4 rings (SSSR count). The first-order valence-corrected chi connectivity index (χ1v) is 12.9. The topological polar surface area (TPSA) is 81.7 Å². The van der Waals surface area contributed by atoms with Crippen molar-refractivity contribution in [3.8, 4) is 0 Å². The quantitative estimate of drug-likeness (QED) is 0.265. The molecule has 2 unspecified atom stereocenters. The van der Waals surface area contributed by atoms with Crippen LogP contribution in [0.15, 0.2) is 10.4 Å². The molecule has 180 valence electrons. The zero-order chi connectivity index (χ0) is 21.6. The van der Waals surface area contributed by atoms with Crippen LogP contribution in [0.25, 0.3) is 0 Å². The highest BCUT2D eigenvalue weighted by Crippen LogP contribution is 2.27. The first-order valence-electron chi connectivity index (χ1n) is 12.0. The summed E-state index contributed by atoms with van der Waals surface area (Å²) in [5, 5.41) is 13.7. The van der Waals surface area contributed by atoms with E-state index in [0.717, 1.165) is 75.7 Å². The summed E-state index contributed by atoms with van der Waals surface area (Å²) < 4.78 is 0. The number of rotatable bonds is 7. The third-order valence-corrected chi connectivity index (χ3v) is 7.67. The minimum absolute atomic E-state index is 0. The number of likely N-dealkylation sites (tertiary alicyclic amines) is 1. The molecule has 1 saturated heterocycles. The van der Waals surface area contributed by atoms with Crippen molar-refractivity contribution in [2.75, 3.05) is 26.7 Å². The summed E-state index contributed by atoms with van der Waals surface area (Å²) in [7, 11) is 1.84. The SMILES string of the molecule is CN=C(NCC1CCN(Cc2csc(C)n2)CC1)NC1CCCC(C(=O)NC2CC2)C1.I. The molecular formula is C23H39IN6OS. The number of aliphatic imine (C=N–C) groups is 1. The van der Waals surface area contributed by atoms with E-state index in [0.29, 0.717) is 18.0 Å². The summed E-state index contributed by atoms with van der Waals surface area (Å²) in [6.45, 7) is 6.28. The molecule has 3 aliphatic rings. The van der Waals surface area contributed by atoms with Gasteiger partial charge in [-0.25, -0.2) is 4.98 Å². The van der Waals surface area contributed by atoms with E-state index in [1.807, 2.05) is 7.05 Å². The van der Waals surface area contributed by atoms with Gasteiger partial charge in [0.15, 0.2) is 5.96 Å². The Morgan fingerprint density at radius 2 is 1.94 bits per heavy atom. The van der Waals surface area contributed by atoms with E-state index in [2.05, 4.69) is 43.1 Å². The third-order valence-electron chi connectivity index (χ3n) is 6.85. The van der Waals surface area contributed by atoms with Crippen LogP contribution in [0.2, 0.25) is 0 Å². The molecule has 0 aromatic carbocycles. The number of hydrogen-bond donors (Lipinski definition) is 3. The highest BCUT2D eigenvalue weighted by atomic mass is 127. The number of carbonyl (C=O) groups excluding carboxylic acids is 1. The molecule has 2 aliphatic carbocycles. The summed E-state index contributed by atoms with van der Waals surface area (Å²) in [6.07, 6.45) is 8.87. The number of amides is 1. The monoisotopic (exact) mass is 574 g/mol. The van der Waals surface area contributed by atoms with Crippen molar-refractivity contribution in [2.24, 2.45) is 16.8 Å². The molecule has 7 nitrogen and oxygen atoms in total. The Balaban J connectivity index is 0.00000289. The highest BCUT2D eigenvalue weighted by molar-refractivity contribution is 14.0. The smallest absolute Gasteiger partial charge is 0.223 e. The zero-order valence-corrected chi connectivity index (χ0v) is 22.6. The van der Waals surface area contributed by atoms with E-state index in [4.69, 9.17) is 0 Å². The standard InChI is InChI=1S/C23H38N6OS.HI/c1-16-26-21(15-31-16)14-29-10-8-17(9-11-29)13-25-23(24-2)28-20-5-3-4-18(12-20)22(30)27-19-6-7-19;/h15,17-20H,3-14H2,1-2H3,(H,27,30)(H2,24,25,28);1H. The second-order valence-electron chi connectivity index (χ2n) is 9.52. The van der Waals surface area contributed by atoms with Crippen LogP contribution < -0.4 is 16.0 Å². The molecule has 0 radical (unpaired) electrons. The average molecular weight is 575 g/mol. The van der Waals surface area contributed by atoms with Crippen molar-refractivity contribution < 1.29 is 4.79 Å². The van der Waals surface area contributed by atoms with Crippen molar-refractivity contribution in [2.45, 2.75) is 76.9 Å². The van der Waals surface area contributed by atoms with Crippen molar-refractivity contribution in [1.82, 2.24) is 25.8 Å². The molecular weight excluding hydrogens is 535 g/mol. The molecule has 32 heavy (non-hydrogen) atoms. The maximum absolute atomic E-state index is 12.4. The molecule has 2 atom stereocenters. The van der Waals surface area contributed by atoms with Gasteiger partial charge in [-0.05, 0) is 70.9 Å². The Kier molecular flexibility index (Phi) is 10.0. The van der Waals surface area contributed by atoms with Crippen molar-refractivity contribution in [1.29, 1.82) is 0 Å². The van der Waals surface area contributed by atoms with E-state index in [1.54, 1.807) is 11.3 Å². The normalized spacial score (nSPS) is 25.1. The molecule has 9 heteroatoms. The maximum Gasteiger partial charge on any atom is 0.223 e. The van der Waals surface area contributed by atoms with Gasteiger partial charge in [0.05, 0.1) is 10.7 Å². The van der Waals surface area contributed by atoms with E-state index in [9.17, 15) is 4.79 Å². The Hall–Kier alpha value is -0.940. The van der Waals surface area contributed by atoms with Crippen LogP contribution in [0, 0.1) is 18.8 Å². The summed E-state index contributed by atoms with van der Waals surface area (Å²) in [6, 6.07) is 0.783. The number of nitrogens with one attached hydrogen (secondary N) is 3. The van der Waals surface area contributed by atoms with Gasteiger partial charge in [0.1, 0.15) is 0 Å². The molecule has 1 aromatic rings. The first-order chi connectivity index (χ1) is 15.1. The van der Waals surface area contributed by atoms with Crippen LogP contribution in [0.3, 0.4) is 0 Å². The Bertz CT molecular complexity index is 759. The van der Waals surface area contributed by atoms with Crippen LogP contribution in [0.5, 0.6) is 0 Å². The number of halogens is 1. The average Bonchev–Trinajstić information content (AvgIpc) is 3.51. The lowest BCUT2D eigenvalue weighted by Crippen LogP contribution is -2.48. The lowest BCUT2D eigenvalue weighted by molar-refractivity contribution is -0.126. The van der Waals surface area contributed by atoms with Crippen LogP contribution >= 0.6 is 35.3 Å². The molecule has 1 amide bonds. The number of guanidine groups is 1. The number of thiazole rings is 1. The number of hydrogen-bond acceptors (Lipinski definition) is 5. The van der Waals surface area contributed by atoms with Crippen LogP contribution in [0.1, 0.15) is 62.1 Å². The van der Waals surface area contributed by atoms with Crippen molar-refractivity contribution in [3.63, 3.8) is 0 Å². The number of aryl methyl sites for hydroxylation is 1. The second kappa shape index (κ2) is 12.5. The van der Waals surface area contributed by atoms with E-state index >= 15 is 0 Å². The van der Waals surface area contributed by atoms with E-state index < -0.39 is 0 Å². The van der Waals surface area contributed by atoms with Gasteiger partial charge in [-0.1, -0.05) is 6.42 Å². The van der Waals surface area contributed by atoms with Crippen molar-refractivity contribution in [3.05, 3.63) is 16.1 Å². The number of carbonyl (C=O) groups is 1. The van der Waals surface area contributed by atoms with Gasteiger partial charge in [-0.2, -0.15) is 0 Å². The van der Waals surface area contributed by atoms with Crippen LogP contribution in [-0.4, -0.2) is 60.5 Å². The Morgan fingerprint density at radius 3 is 2.59 bits per heavy atom. The van der Waals surface area contributed by atoms with Gasteiger partial charge in [0.25, 0.3) is 0 Å². The van der Waals surface area contributed by atoms with E-state index in [-0.39, 0.29) is 35.8 Å². The molecule has 2 heterocycles. The predicted octanol–water partition coefficient (Wildman–Crippen LogP) is 3.28. The molecule has 2 saturated carbocycles. The summed E-state index contributed by atoms with van der Waals surface area (Å²) >= 11 is 1.74. The minimum atomic E-state index is 0. The maximum atomic E-state index is 12.4. The Morgan fingerprint density at radius 1 is 1.16 bits per heavy atom. The molecule has 0 bridgehead atoms. The lowest BCUT2D eigenvalue weighted by atomic mass is 9.85. The molecule has 1 aliphatic heterocycles. The molecule has 3 fully saturated rings. The predicted molar refractivity (Wildman–Crippen MR) is 142 cm³/mol. The fourth-order valence-corrected chi connectivity index (χ4v) is 5.40. The van der Waals surface area contributed by atoms with Gasteiger partial charge in [-0.3, -0.25) is 14.7 Å². The molecule has 1 aromatic heterocycles. The van der Waals surface area contributed by atoms with Gasteiger partial charge < -0.3 is 16.0 Å². The first kappa shape index (κ1) is 25.7. The summed E-state index contributed by atoms with van der Waals surface area (Å²) in [5.41, 5.74) is 1.21. The van der Waals surface area contributed by atoms with Crippen LogP contribution in [0.4, 0.5) is 0 Å². The Labute approximate surface area is 213 Å². The molecule has 0 spiro atoms. The van der Waals surface area contributed by atoms with Gasteiger partial charge in [0.2, 0.25) is 5.91 Å². The largest absolute Gasteiger partial charge is 0.356 e. The lowest BCUT2D eigenvalue weighted by Gasteiger charge is -2.33. The summed E-state index contributed by atoms with van der Waals surface area (Å²) in [5.74, 6) is 1.97. The zero-order valence-electron chi connectivity index (χ0n) is 19.4. The third kappa shape index (κ3) is 7.83. The van der Waals surface area contributed by atoms with Gasteiger partial charge in [-0.15, -0.1) is 35.3 Å². The second-order valence-corrected chi connectivity index (χ2v) is 10.6. The van der Waals surface area contributed by atoms with Gasteiger partial charge in [0, 0.05) is 43.5 Å². The number of nitrogens with zero attached hydrogens (tertiary/aromatic N) is 3. The summed E-state index contributed by atoms with van der Waals surface area (Å²) in [4.78, 5) is 24.0. The fourth-order valence-electron chi connectivity index (χ4n) is 4.79. The molecule has 3 N–H and O–H groups in total. The van der Waals surface area contributed by atoms with E-state index in [1.165, 1.54) is 18.5 Å². The number of piperidine rings is 1. The van der Waals surface area contributed by atoms with Gasteiger partial charge >= 0.3 is 0 Å². The highest BCUT2D eigenvalue weighted by Gasteiger charge is 2.31.